The van der Waals surface area contributed by atoms with Gasteiger partial charge < -0.3 is 29.2 Å². The first kappa shape index (κ1) is 24.5. The molecule has 10 nitrogen and oxygen atoms in total. The number of hydrogen-bond donors (Lipinski definition) is 1. The molecule has 1 N–H and O–H groups in total. The summed E-state index contributed by atoms with van der Waals surface area (Å²) in [6.45, 7) is 6.89. The van der Waals surface area contributed by atoms with E-state index in [4.69, 9.17) is 18.9 Å². The SMILES string of the molecule is CCOCCOc1cnc(NC2CCC(Oc3cc(N4CCOCC4)cc4nccnc34)CC2)nc1. The first-order valence-corrected chi connectivity index (χ1v) is 12.8. The molecule has 3 aromatic rings. The highest BCUT2D eigenvalue weighted by molar-refractivity contribution is 5.85. The Kier molecular flexibility index (Phi) is 8.24. The summed E-state index contributed by atoms with van der Waals surface area (Å²) in [4.78, 5) is 20.2. The molecule has 0 unspecified atom stereocenters. The number of ether oxygens (including phenoxy) is 4. The maximum atomic E-state index is 6.52. The number of nitrogens with zero attached hydrogens (tertiary/aromatic N) is 5. The molecule has 5 rings (SSSR count). The maximum Gasteiger partial charge on any atom is 0.223 e. The summed E-state index contributed by atoms with van der Waals surface area (Å²) in [6, 6.07) is 4.51. The second-order valence-corrected chi connectivity index (χ2v) is 8.99. The van der Waals surface area contributed by atoms with Crippen molar-refractivity contribution in [1.29, 1.82) is 0 Å². The summed E-state index contributed by atoms with van der Waals surface area (Å²) in [5.74, 6) is 2.07. The van der Waals surface area contributed by atoms with Gasteiger partial charge in [0, 0.05) is 49.9 Å². The van der Waals surface area contributed by atoms with E-state index in [1.165, 1.54) is 0 Å². The molecule has 0 radical (unpaired) electrons. The van der Waals surface area contributed by atoms with E-state index in [0.717, 1.165) is 74.5 Å². The number of aromatic nitrogens is 4. The van der Waals surface area contributed by atoms with Crippen LogP contribution in [-0.2, 0) is 9.47 Å². The Labute approximate surface area is 211 Å². The van der Waals surface area contributed by atoms with Crippen molar-refractivity contribution in [2.45, 2.75) is 44.8 Å². The highest BCUT2D eigenvalue weighted by Crippen LogP contribution is 2.33. The van der Waals surface area contributed by atoms with E-state index < -0.39 is 0 Å². The smallest absolute Gasteiger partial charge is 0.223 e. The van der Waals surface area contributed by atoms with E-state index in [1.54, 1.807) is 24.8 Å². The number of morpholine rings is 1. The van der Waals surface area contributed by atoms with Gasteiger partial charge in [-0.05, 0) is 38.7 Å². The number of rotatable bonds is 10. The molecule has 2 aliphatic rings. The molecule has 36 heavy (non-hydrogen) atoms. The summed E-state index contributed by atoms with van der Waals surface area (Å²) < 4.78 is 22.9. The Morgan fingerprint density at radius 1 is 0.972 bits per heavy atom. The first-order valence-electron chi connectivity index (χ1n) is 12.8. The Bertz CT molecular complexity index is 1100. The lowest BCUT2D eigenvalue weighted by atomic mass is 9.93. The minimum atomic E-state index is 0.134. The zero-order valence-corrected chi connectivity index (χ0v) is 20.8. The molecule has 192 valence electrons. The van der Waals surface area contributed by atoms with Crippen LogP contribution in [0.4, 0.5) is 11.6 Å². The number of fused-ring (bicyclic) bond motifs is 1. The van der Waals surface area contributed by atoms with E-state index in [1.807, 2.05) is 6.92 Å². The van der Waals surface area contributed by atoms with Gasteiger partial charge in [-0.25, -0.2) is 15.0 Å². The predicted molar refractivity (Wildman–Crippen MR) is 137 cm³/mol. The molecular weight excluding hydrogens is 460 g/mol. The molecule has 2 fully saturated rings. The molecule has 1 aromatic carbocycles. The van der Waals surface area contributed by atoms with Gasteiger partial charge >= 0.3 is 0 Å². The fraction of sp³-hybridized carbons (Fsp3) is 0.538. The Hall–Kier alpha value is -3.24. The van der Waals surface area contributed by atoms with Crippen LogP contribution in [0.3, 0.4) is 0 Å². The van der Waals surface area contributed by atoms with Gasteiger partial charge in [0.15, 0.2) is 5.75 Å². The van der Waals surface area contributed by atoms with E-state index in [9.17, 15) is 0 Å². The lowest BCUT2D eigenvalue weighted by Gasteiger charge is -2.31. The number of nitrogens with one attached hydrogen (secondary N) is 1. The lowest BCUT2D eigenvalue weighted by Crippen LogP contribution is -2.36. The summed E-state index contributed by atoms with van der Waals surface area (Å²) in [6.07, 6.45) is 10.8. The Morgan fingerprint density at radius 2 is 1.75 bits per heavy atom. The molecule has 2 aromatic heterocycles. The predicted octanol–water partition coefficient (Wildman–Crippen LogP) is 3.47. The van der Waals surface area contributed by atoms with Crippen molar-refractivity contribution < 1.29 is 18.9 Å². The highest BCUT2D eigenvalue weighted by atomic mass is 16.5. The van der Waals surface area contributed by atoms with E-state index >= 15 is 0 Å². The first-order chi connectivity index (χ1) is 17.8. The van der Waals surface area contributed by atoms with Crippen molar-refractivity contribution in [1.82, 2.24) is 19.9 Å². The van der Waals surface area contributed by atoms with Crippen LogP contribution >= 0.6 is 0 Å². The van der Waals surface area contributed by atoms with Crippen LogP contribution in [-0.4, -0.2) is 78.2 Å². The lowest BCUT2D eigenvalue weighted by molar-refractivity contribution is 0.110. The average Bonchev–Trinajstić information content (AvgIpc) is 2.93. The highest BCUT2D eigenvalue weighted by Gasteiger charge is 2.24. The largest absolute Gasteiger partial charge is 0.488 e. The molecule has 0 bridgehead atoms. The van der Waals surface area contributed by atoms with Gasteiger partial charge in [-0.3, -0.25) is 4.98 Å². The molecule has 3 heterocycles. The van der Waals surface area contributed by atoms with Crippen LogP contribution < -0.4 is 19.7 Å². The van der Waals surface area contributed by atoms with Crippen molar-refractivity contribution in [3.63, 3.8) is 0 Å². The van der Waals surface area contributed by atoms with Gasteiger partial charge in [0.25, 0.3) is 0 Å². The molecule has 1 aliphatic carbocycles. The molecule has 1 saturated carbocycles. The topological polar surface area (TPSA) is 104 Å². The second-order valence-electron chi connectivity index (χ2n) is 8.99. The summed E-state index contributed by atoms with van der Waals surface area (Å²) in [5, 5.41) is 3.45. The molecule has 0 amide bonds. The van der Waals surface area contributed by atoms with Crippen LogP contribution in [0, 0.1) is 0 Å². The monoisotopic (exact) mass is 494 g/mol. The van der Waals surface area contributed by atoms with E-state index in [2.05, 4.69) is 42.3 Å². The Balaban J connectivity index is 1.16. The van der Waals surface area contributed by atoms with Crippen molar-refractivity contribution in [3.8, 4) is 11.5 Å². The van der Waals surface area contributed by atoms with Crippen LogP contribution in [0.15, 0.2) is 36.9 Å². The van der Waals surface area contributed by atoms with Gasteiger partial charge in [-0.1, -0.05) is 0 Å². The molecular formula is C26H34N6O4. The molecule has 1 aliphatic heterocycles. The summed E-state index contributed by atoms with van der Waals surface area (Å²) >= 11 is 0. The van der Waals surface area contributed by atoms with E-state index in [0.29, 0.717) is 37.6 Å². The van der Waals surface area contributed by atoms with Gasteiger partial charge in [0.1, 0.15) is 17.9 Å². The quantitative estimate of drug-likeness (QED) is 0.421. The fourth-order valence-corrected chi connectivity index (χ4v) is 4.64. The van der Waals surface area contributed by atoms with Gasteiger partial charge in [-0.15, -0.1) is 0 Å². The van der Waals surface area contributed by atoms with Crippen molar-refractivity contribution >= 4 is 22.7 Å². The number of hydrogen-bond acceptors (Lipinski definition) is 10. The third-order valence-electron chi connectivity index (χ3n) is 6.53. The third-order valence-corrected chi connectivity index (χ3v) is 6.53. The molecule has 0 atom stereocenters. The average molecular weight is 495 g/mol. The number of benzene rings is 1. The minimum Gasteiger partial charge on any atom is -0.488 e. The number of anilines is 2. The van der Waals surface area contributed by atoms with Gasteiger partial charge in [0.05, 0.1) is 43.8 Å². The normalized spacial score (nSPS) is 20.3. The van der Waals surface area contributed by atoms with Gasteiger partial charge in [0.2, 0.25) is 5.95 Å². The van der Waals surface area contributed by atoms with Crippen LogP contribution in [0.2, 0.25) is 0 Å². The zero-order valence-electron chi connectivity index (χ0n) is 20.8. The van der Waals surface area contributed by atoms with Crippen LogP contribution in [0.5, 0.6) is 11.5 Å². The standard InChI is InChI=1S/C26H34N6O4/c1-2-33-13-14-35-22-17-29-26(30-18-22)31-19-3-5-21(6-4-19)36-24-16-20(32-9-11-34-12-10-32)15-23-25(24)28-8-7-27-23/h7-8,15-19,21H,2-6,9-14H2,1H3,(H,29,30,31). The van der Waals surface area contributed by atoms with Crippen LogP contribution in [0.1, 0.15) is 32.6 Å². The Morgan fingerprint density at radius 3 is 2.53 bits per heavy atom. The molecule has 0 spiro atoms. The van der Waals surface area contributed by atoms with Crippen LogP contribution in [0.25, 0.3) is 11.0 Å². The summed E-state index contributed by atoms with van der Waals surface area (Å²) in [7, 11) is 0. The molecule has 1 saturated heterocycles. The zero-order chi connectivity index (χ0) is 24.6. The van der Waals surface area contributed by atoms with Crippen molar-refractivity contribution in [2.24, 2.45) is 0 Å². The molecule has 10 heteroatoms. The van der Waals surface area contributed by atoms with Crippen molar-refractivity contribution in [3.05, 3.63) is 36.9 Å². The van der Waals surface area contributed by atoms with Gasteiger partial charge in [-0.2, -0.15) is 0 Å². The van der Waals surface area contributed by atoms with E-state index in [-0.39, 0.29) is 6.10 Å². The van der Waals surface area contributed by atoms with Crippen molar-refractivity contribution in [2.75, 3.05) is 56.3 Å². The minimum absolute atomic E-state index is 0.134. The third kappa shape index (κ3) is 6.30. The second kappa shape index (κ2) is 12.1. The summed E-state index contributed by atoms with van der Waals surface area (Å²) in [5.41, 5.74) is 2.78. The maximum absolute atomic E-state index is 6.52. The fourth-order valence-electron chi connectivity index (χ4n) is 4.64.